The van der Waals surface area contributed by atoms with Crippen LogP contribution in [0.2, 0.25) is 0 Å². The molecule has 11 heavy (non-hydrogen) atoms. The normalized spacial score (nSPS) is 44.7. The molecule has 0 aliphatic heterocycles. The van der Waals surface area contributed by atoms with Crippen LogP contribution >= 0.6 is 0 Å². The molecule has 1 heteroatoms. The van der Waals surface area contributed by atoms with Crippen molar-refractivity contribution in [2.24, 2.45) is 23.7 Å². The summed E-state index contributed by atoms with van der Waals surface area (Å²) in [7, 11) is 0. The molecule has 1 fully saturated rings. The van der Waals surface area contributed by atoms with E-state index in [9.17, 15) is 0 Å². The Labute approximate surface area is 84.5 Å². The van der Waals surface area contributed by atoms with E-state index in [-0.39, 0.29) is 20.0 Å². The number of hydrogen-bond donors (Lipinski definition) is 0. The van der Waals surface area contributed by atoms with Crippen LogP contribution in [-0.4, -0.2) is 0 Å². The monoisotopic (exact) mass is 193 g/mol. The molecule has 0 spiro atoms. The van der Waals surface area contributed by atoms with Crippen LogP contribution in [-0.2, 0) is 18.6 Å². The van der Waals surface area contributed by atoms with E-state index < -0.39 is 0 Å². The Hall–Kier alpha value is 0.584. The van der Waals surface area contributed by atoms with E-state index in [1.807, 2.05) is 0 Å². The van der Waals surface area contributed by atoms with Gasteiger partial charge in [-0.2, -0.15) is 0 Å². The van der Waals surface area contributed by atoms with E-state index in [0.29, 0.717) is 0 Å². The zero-order chi connectivity index (χ0) is 7.72. The van der Waals surface area contributed by atoms with Crippen molar-refractivity contribution < 1.29 is 20.0 Å². The summed E-state index contributed by atoms with van der Waals surface area (Å²) in [4.78, 5) is 0. The predicted octanol–water partition coefficient (Wildman–Crippen LogP) is 3.57. The fourth-order valence-corrected chi connectivity index (χ4v) is 2.09. The maximum absolute atomic E-state index is 2.41. The van der Waals surface area contributed by atoms with E-state index >= 15 is 0 Å². The van der Waals surface area contributed by atoms with Crippen molar-refractivity contribution in [1.82, 2.24) is 0 Å². The van der Waals surface area contributed by atoms with Crippen molar-refractivity contribution in [3.8, 4) is 0 Å². The second-order valence-corrected chi connectivity index (χ2v) is 4.25. The maximum atomic E-state index is 2.41. The molecule has 0 nitrogen and oxygen atoms in total. The van der Waals surface area contributed by atoms with Crippen LogP contribution in [0.5, 0.6) is 0 Å². The molecule has 4 unspecified atom stereocenters. The number of hydrogen-bond acceptors (Lipinski definition) is 0. The Bertz CT molecular complexity index is 102. The van der Waals surface area contributed by atoms with Gasteiger partial charge in [-0.25, -0.2) is 0 Å². The van der Waals surface area contributed by atoms with E-state index in [0.717, 1.165) is 23.7 Å². The molecule has 67 valence electrons. The van der Waals surface area contributed by atoms with Gasteiger partial charge in [-0.15, -0.1) is 0 Å². The number of rotatable bonds is 0. The summed E-state index contributed by atoms with van der Waals surface area (Å²) in [6.07, 6.45) is 2.90. The zero-order valence-corrected chi connectivity index (χ0v) is 9.57. The molecule has 0 N–H and O–H groups in total. The van der Waals surface area contributed by atoms with Crippen molar-refractivity contribution in [3.63, 3.8) is 0 Å². The van der Waals surface area contributed by atoms with Gasteiger partial charge in [0.2, 0.25) is 0 Å². The van der Waals surface area contributed by atoms with Gasteiger partial charge in [0.05, 0.1) is 0 Å². The average molecular weight is 193 g/mol. The van der Waals surface area contributed by atoms with Gasteiger partial charge in [0, 0.05) is 20.0 Å². The van der Waals surface area contributed by atoms with Gasteiger partial charge < -0.3 is 0 Å². The minimum Gasteiger partial charge on any atom is -0.0622 e. The molecule has 0 aromatic rings. The van der Waals surface area contributed by atoms with Crippen LogP contribution in [0.1, 0.15) is 42.0 Å². The molecule has 0 saturated heterocycles. The molecule has 1 aliphatic rings. The fraction of sp³-hybridized carbons (Fsp3) is 1.00. The molecule has 4 atom stereocenters. The topological polar surface area (TPSA) is 0 Å². The molecule has 0 amide bonds. The third-order valence-corrected chi connectivity index (χ3v) is 3.70. The molecule has 1 saturated carbocycles. The first kappa shape index (κ1) is 11.6. The fourth-order valence-electron chi connectivity index (χ4n) is 2.09. The minimum atomic E-state index is 0. The Morgan fingerprint density at radius 3 is 1.36 bits per heavy atom. The molecule has 0 aromatic heterocycles. The summed E-state index contributed by atoms with van der Waals surface area (Å²) in [6, 6.07) is 0. The second kappa shape index (κ2) is 4.57. The van der Waals surface area contributed by atoms with Gasteiger partial charge in [0.15, 0.2) is 0 Å². The van der Waals surface area contributed by atoms with Crippen molar-refractivity contribution in [2.75, 3.05) is 0 Å². The Morgan fingerprint density at radius 2 is 1.09 bits per heavy atom. The van der Waals surface area contributed by atoms with Crippen molar-refractivity contribution in [1.29, 1.82) is 0 Å². The van der Waals surface area contributed by atoms with Crippen molar-refractivity contribution in [2.45, 2.75) is 40.5 Å². The Kier molecular flexibility index (Phi) is 4.81. The maximum Gasteiger partial charge on any atom is 0 e. The third-order valence-electron chi connectivity index (χ3n) is 3.70. The molecule has 0 bridgehead atoms. The second-order valence-electron chi connectivity index (χ2n) is 4.25. The van der Waals surface area contributed by atoms with E-state index in [4.69, 9.17) is 0 Å². The van der Waals surface area contributed by atoms with Crippen LogP contribution in [0.25, 0.3) is 0 Å². The summed E-state index contributed by atoms with van der Waals surface area (Å²) in [6.45, 7) is 9.61. The van der Waals surface area contributed by atoms with Crippen LogP contribution in [0.3, 0.4) is 0 Å². The van der Waals surface area contributed by atoms with Gasteiger partial charge in [-0.1, -0.05) is 40.5 Å². The third kappa shape index (κ3) is 2.52. The van der Waals surface area contributed by atoms with Crippen molar-refractivity contribution in [3.05, 3.63) is 0 Å². The smallest absolute Gasteiger partial charge is 0 e. The van der Waals surface area contributed by atoms with Crippen LogP contribution in [0.4, 0.5) is 0 Å². The zero-order valence-electron chi connectivity index (χ0n) is 8.17. The summed E-state index contributed by atoms with van der Waals surface area (Å²) >= 11 is 0. The summed E-state index contributed by atoms with van der Waals surface area (Å²) in [5.41, 5.74) is 0. The molecular weight excluding hydrogens is 171 g/mol. The Morgan fingerprint density at radius 1 is 0.818 bits per heavy atom. The van der Waals surface area contributed by atoms with E-state index in [1.165, 1.54) is 12.8 Å². The predicted molar refractivity (Wildman–Crippen MR) is 48.0 cm³/mol. The minimum absolute atomic E-state index is 0. The quantitative estimate of drug-likeness (QED) is 0.551. The first-order valence-electron chi connectivity index (χ1n) is 4.63. The van der Waals surface area contributed by atoms with Crippen LogP contribution < -0.4 is 0 Å². The molecule has 0 aromatic carbocycles. The average Bonchev–Trinajstić information content (AvgIpc) is 1.93. The van der Waals surface area contributed by atoms with Gasteiger partial charge in [0.1, 0.15) is 0 Å². The standard InChI is InChI=1S/C10H20.V.H2/c1-7-5-6-8(2)10(4)9(7)3;;/h7-10H,5-6H2,1-4H3;;1H. The van der Waals surface area contributed by atoms with E-state index in [1.54, 1.807) is 0 Å². The van der Waals surface area contributed by atoms with Gasteiger partial charge in [0.25, 0.3) is 0 Å². The first-order valence-corrected chi connectivity index (χ1v) is 4.63. The molecule has 0 heterocycles. The van der Waals surface area contributed by atoms with Gasteiger partial charge in [-0.05, 0) is 23.7 Å². The largest absolute Gasteiger partial charge is 0.0622 e. The van der Waals surface area contributed by atoms with Crippen LogP contribution in [0.15, 0.2) is 0 Å². The molecule has 1 rings (SSSR count). The molecular formula is C10H22V. The summed E-state index contributed by atoms with van der Waals surface area (Å²) in [5.74, 6) is 3.82. The molecule has 1 radical (unpaired) electrons. The molecule has 1 aliphatic carbocycles. The Balaban J connectivity index is 0. The summed E-state index contributed by atoms with van der Waals surface area (Å²) < 4.78 is 0. The van der Waals surface area contributed by atoms with Gasteiger partial charge in [-0.3, -0.25) is 0 Å². The SMILES string of the molecule is CC1CCC(C)C(C)C1C.[HH].[V]. The van der Waals surface area contributed by atoms with Crippen LogP contribution in [0, 0.1) is 23.7 Å². The van der Waals surface area contributed by atoms with Crippen molar-refractivity contribution >= 4 is 0 Å². The summed E-state index contributed by atoms with van der Waals surface area (Å²) in [5, 5.41) is 0. The van der Waals surface area contributed by atoms with E-state index in [2.05, 4.69) is 27.7 Å². The van der Waals surface area contributed by atoms with Gasteiger partial charge >= 0.3 is 0 Å². The first-order chi connectivity index (χ1) is 4.63.